The van der Waals surface area contributed by atoms with Crippen molar-refractivity contribution < 1.29 is 31.5 Å². The molecule has 28 heavy (non-hydrogen) atoms. The van der Waals surface area contributed by atoms with E-state index in [0.29, 0.717) is 32.5 Å². The molecule has 0 N–H and O–H groups in total. The molecular weight excluding hydrogens is 383 g/mol. The Hall–Kier alpha value is -1.90. The van der Waals surface area contributed by atoms with Gasteiger partial charge < -0.3 is 9.64 Å². The molecule has 2 aliphatic rings. The van der Waals surface area contributed by atoms with Crippen LogP contribution < -0.4 is 4.74 Å². The number of halogens is 5. The van der Waals surface area contributed by atoms with E-state index in [9.17, 15) is 26.7 Å². The first kappa shape index (κ1) is 20.8. The highest BCUT2D eigenvalue weighted by Crippen LogP contribution is 2.30. The second-order valence-corrected chi connectivity index (χ2v) is 7.42. The minimum absolute atomic E-state index is 0.0381. The first-order valence-corrected chi connectivity index (χ1v) is 9.35. The Morgan fingerprint density at radius 3 is 2.14 bits per heavy atom. The molecule has 0 aliphatic carbocycles. The summed E-state index contributed by atoms with van der Waals surface area (Å²) in [6.07, 6.45) is -3.94. The third-order valence-corrected chi connectivity index (χ3v) is 5.31. The molecule has 4 nitrogen and oxygen atoms in total. The van der Waals surface area contributed by atoms with Gasteiger partial charge in [-0.1, -0.05) is 12.1 Å². The number of rotatable bonds is 4. The number of hydrogen-bond donors (Lipinski definition) is 0. The van der Waals surface area contributed by atoms with Crippen LogP contribution in [0.5, 0.6) is 5.75 Å². The Morgan fingerprint density at radius 2 is 1.61 bits per heavy atom. The van der Waals surface area contributed by atoms with Gasteiger partial charge >= 0.3 is 6.36 Å². The van der Waals surface area contributed by atoms with Crippen molar-refractivity contribution in [1.29, 1.82) is 0 Å². The number of piperidine rings is 2. The summed E-state index contributed by atoms with van der Waals surface area (Å²) in [5.41, 5.74) is 0.859. The molecule has 1 amide bonds. The summed E-state index contributed by atoms with van der Waals surface area (Å²) in [6, 6.07) is 5.74. The predicted octanol–water partition coefficient (Wildman–Crippen LogP) is 4.05. The highest BCUT2D eigenvalue weighted by Gasteiger charge is 2.37. The number of alkyl halides is 5. The molecule has 2 saturated heterocycles. The van der Waals surface area contributed by atoms with Gasteiger partial charge in [-0.3, -0.25) is 9.69 Å². The number of carbonyl (C=O) groups excluding carboxylic acids is 1. The summed E-state index contributed by atoms with van der Waals surface area (Å²) in [4.78, 5) is 16.2. The normalized spacial score (nSPS) is 21.5. The van der Waals surface area contributed by atoms with Gasteiger partial charge in [0.1, 0.15) is 5.75 Å². The van der Waals surface area contributed by atoms with E-state index in [1.165, 1.54) is 12.1 Å². The van der Waals surface area contributed by atoms with Crippen molar-refractivity contribution in [3.63, 3.8) is 0 Å². The fourth-order valence-electron chi connectivity index (χ4n) is 3.71. The maximum absolute atomic E-state index is 13.2. The average molecular weight is 406 g/mol. The van der Waals surface area contributed by atoms with Crippen molar-refractivity contribution in [2.75, 3.05) is 26.2 Å². The van der Waals surface area contributed by atoms with E-state index in [1.54, 1.807) is 17.0 Å². The zero-order valence-electron chi connectivity index (χ0n) is 15.4. The van der Waals surface area contributed by atoms with Crippen LogP contribution >= 0.6 is 0 Å². The van der Waals surface area contributed by atoms with Crippen LogP contribution in [0.15, 0.2) is 24.3 Å². The van der Waals surface area contributed by atoms with Crippen LogP contribution in [0.4, 0.5) is 22.0 Å². The summed E-state index contributed by atoms with van der Waals surface area (Å²) >= 11 is 0. The van der Waals surface area contributed by atoms with Crippen LogP contribution in [0.25, 0.3) is 0 Å². The van der Waals surface area contributed by atoms with Gasteiger partial charge in [-0.05, 0) is 43.6 Å². The maximum Gasteiger partial charge on any atom is 0.573 e. The lowest BCUT2D eigenvalue weighted by atomic mass is 9.93. The molecule has 2 heterocycles. The Morgan fingerprint density at radius 1 is 1.04 bits per heavy atom. The summed E-state index contributed by atoms with van der Waals surface area (Å²) < 4.78 is 66.9. The Kier molecular flexibility index (Phi) is 6.12. The minimum Gasteiger partial charge on any atom is -0.406 e. The largest absolute Gasteiger partial charge is 0.573 e. The van der Waals surface area contributed by atoms with Crippen molar-refractivity contribution in [1.82, 2.24) is 9.80 Å². The SMILES string of the molecule is O=C(C1CCN(Cc2ccc(OC(F)(F)F)cc2)CC1)N1CCC(F)(F)CC1. The van der Waals surface area contributed by atoms with Gasteiger partial charge in [0, 0.05) is 38.4 Å². The second-order valence-electron chi connectivity index (χ2n) is 7.42. The molecule has 2 aliphatic heterocycles. The van der Waals surface area contributed by atoms with Crippen molar-refractivity contribution in [3.8, 4) is 5.75 Å². The Balaban J connectivity index is 1.44. The van der Waals surface area contributed by atoms with Crippen molar-refractivity contribution in [2.24, 2.45) is 5.92 Å². The van der Waals surface area contributed by atoms with Crippen LogP contribution in [0.3, 0.4) is 0 Å². The lowest BCUT2D eigenvalue weighted by Gasteiger charge is -2.37. The third-order valence-electron chi connectivity index (χ3n) is 5.31. The quantitative estimate of drug-likeness (QED) is 0.708. The number of ether oxygens (including phenoxy) is 1. The van der Waals surface area contributed by atoms with Gasteiger partial charge in [0.2, 0.25) is 5.91 Å². The van der Waals surface area contributed by atoms with E-state index in [-0.39, 0.29) is 43.5 Å². The topological polar surface area (TPSA) is 32.8 Å². The van der Waals surface area contributed by atoms with Gasteiger partial charge in [0.15, 0.2) is 0 Å². The molecule has 0 spiro atoms. The van der Waals surface area contributed by atoms with Gasteiger partial charge in [0.25, 0.3) is 5.92 Å². The maximum atomic E-state index is 13.2. The fraction of sp³-hybridized carbons (Fsp3) is 0.632. The Labute approximate surface area is 160 Å². The van der Waals surface area contributed by atoms with Crippen LogP contribution in [0.2, 0.25) is 0 Å². The highest BCUT2D eigenvalue weighted by molar-refractivity contribution is 5.79. The number of benzene rings is 1. The molecule has 0 radical (unpaired) electrons. The van der Waals surface area contributed by atoms with E-state index in [0.717, 1.165) is 5.56 Å². The molecule has 0 aromatic heterocycles. The van der Waals surface area contributed by atoms with Gasteiger partial charge in [-0.15, -0.1) is 13.2 Å². The molecule has 1 aromatic rings. The van der Waals surface area contributed by atoms with Gasteiger partial charge in [0.05, 0.1) is 0 Å². The summed E-state index contributed by atoms with van der Waals surface area (Å²) in [5, 5.41) is 0. The molecule has 0 atom stereocenters. The summed E-state index contributed by atoms with van der Waals surface area (Å²) in [7, 11) is 0. The number of likely N-dealkylation sites (tertiary alicyclic amines) is 2. The minimum atomic E-state index is -4.71. The lowest BCUT2D eigenvalue weighted by molar-refractivity contribution is -0.274. The molecule has 1 aromatic carbocycles. The number of hydrogen-bond acceptors (Lipinski definition) is 3. The zero-order valence-corrected chi connectivity index (χ0v) is 15.4. The van der Waals surface area contributed by atoms with Crippen LogP contribution in [-0.4, -0.2) is 54.2 Å². The summed E-state index contributed by atoms with van der Waals surface area (Å²) in [6.45, 7) is 2.16. The molecule has 0 saturated carbocycles. The zero-order chi connectivity index (χ0) is 20.4. The number of amides is 1. The predicted molar refractivity (Wildman–Crippen MR) is 91.9 cm³/mol. The van der Waals surface area contributed by atoms with E-state index in [4.69, 9.17) is 0 Å². The first-order chi connectivity index (χ1) is 13.1. The molecular formula is C19H23F5N2O2. The van der Waals surface area contributed by atoms with Crippen molar-refractivity contribution in [2.45, 2.75) is 44.5 Å². The smallest absolute Gasteiger partial charge is 0.406 e. The van der Waals surface area contributed by atoms with Crippen LogP contribution in [-0.2, 0) is 11.3 Å². The Bertz CT molecular complexity index is 660. The molecule has 0 unspecified atom stereocenters. The van der Waals surface area contributed by atoms with E-state index in [1.807, 2.05) is 0 Å². The molecule has 2 fully saturated rings. The molecule has 0 bridgehead atoms. The number of nitrogens with zero attached hydrogens (tertiary/aromatic N) is 2. The second kappa shape index (κ2) is 8.23. The highest BCUT2D eigenvalue weighted by atomic mass is 19.4. The number of carbonyl (C=O) groups is 1. The standard InChI is InChI=1S/C19H23F5N2O2/c20-18(21)7-11-26(12-8-18)17(27)15-5-9-25(10-6-15)13-14-1-3-16(4-2-14)28-19(22,23)24/h1-4,15H,5-13H2. The van der Waals surface area contributed by atoms with E-state index >= 15 is 0 Å². The van der Waals surface area contributed by atoms with Gasteiger partial charge in [-0.2, -0.15) is 0 Å². The van der Waals surface area contributed by atoms with Gasteiger partial charge in [-0.25, -0.2) is 8.78 Å². The van der Waals surface area contributed by atoms with Crippen LogP contribution in [0, 0.1) is 5.92 Å². The first-order valence-electron chi connectivity index (χ1n) is 9.35. The lowest BCUT2D eigenvalue weighted by Crippen LogP contribution is -2.47. The molecule has 156 valence electrons. The fourth-order valence-corrected chi connectivity index (χ4v) is 3.71. The van der Waals surface area contributed by atoms with E-state index in [2.05, 4.69) is 9.64 Å². The third kappa shape index (κ3) is 5.80. The summed E-state index contributed by atoms with van der Waals surface area (Å²) in [5.74, 6) is -3.11. The molecule has 9 heteroatoms. The van der Waals surface area contributed by atoms with Crippen LogP contribution in [0.1, 0.15) is 31.2 Å². The monoisotopic (exact) mass is 406 g/mol. The average Bonchev–Trinajstić information content (AvgIpc) is 2.62. The molecule has 3 rings (SSSR count). The van der Waals surface area contributed by atoms with E-state index < -0.39 is 12.3 Å². The van der Waals surface area contributed by atoms with Crippen molar-refractivity contribution >= 4 is 5.91 Å². The van der Waals surface area contributed by atoms with Crippen molar-refractivity contribution in [3.05, 3.63) is 29.8 Å².